The van der Waals surface area contributed by atoms with E-state index in [0.717, 1.165) is 63.2 Å². The number of halogens is 1. The standard InChI is InChI=1S/C6H5ClO2S.3C6H11NO.CH2O3.2Na.H/c7-10(8,9)6-4-2-1-3-5-6;1-5-2-3-7-6(8)4-5;1-5-2-3-6(8)7-4-5;1-5-2-3-6(4-5)7-8;2-1-4-3;;;/h1-5H;2*5H,2-4H2,1H3,(H,7,8);5,8H,2-4H2,1H3;1,3H;;;/q;;;;;2*+1;-1/p-1/b;;;7-6-;;;;. The zero-order chi connectivity index (χ0) is 29.0. The fourth-order valence-corrected chi connectivity index (χ4v) is 4.29. The molecule has 2 saturated heterocycles. The maximum absolute atomic E-state index is 10.6. The van der Waals surface area contributed by atoms with Crippen LogP contribution in [0.25, 0.3) is 0 Å². The average molecular weight is 624 g/mol. The van der Waals surface area contributed by atoms with Crippen LogP contribution in [0.4, 0.5) is 0 Å². The van der Waals surface area contributed by atoms with Gasteiger partial charge in [-0.1, -0.05) is 44.1 Å². The van der Waals surface area contributed by atoms with Gasteiger partial charge in [-0.3, -0.25) is 14.4 Å². The van der Waals surface area contributed by atoms with Gasteiger partial charge in [0, 0.05) is 36.6 Å². The van der Waals surface area contributed by atoms with Gasteiger partial charge in [0.2, 0.25) is 11.8 Å². The van der Waals surface area contributed by atoms with Crippen molar-refractivity contribution in [2.24, 2.45) is 22.9 Å². The zero-order valence-electron chi connectivity index (χ0n) is 25.1. The van der Waals surface area contributed by atoms with Crippen LogP contribution in [-0.4, -0.2) is 50.7 Å². The molecule has 0 radical (unpaired) electrons. The minimum Gasteiger partial charge on any atom is -1.00 e. The van der Waals surface area contributed by atoms with Gasteiger partial charge in [-0.2, -0.15) is 0 Å². The quantitative estimate of drug-likeness (QED) is 0.0774. The Morgan fingerprint density at radius 1 is 0.975 bits per heavy atom. The van der Waals surface area contributed by atoms with Crippen LogP contribution in [0.1, 0.15) is 67.1 Å². The summed E-state index contributed by atoms with van der Waals surface area (Å²) in [4.78, 5) is 32.4. The van der Waals surface area contributed by atoms with Crippen molar-refractivity contribution in [3.8, 4) is 0 Å². The summed E-state index contributed by atoms with van der Waals surface area (Å²) >= 11 is 0. The summed E-state index contributed by atoms with van der Waals surface area (Å²) in [7, 11) is 1.50. The molecule has 2 heterocycles. The summed E-state index contributed by atoms with van der Waals surface area (Å²) in [5.74, 6) is 2.45. The third kappa shape index (κ3) is 24.0. The van der Waals surface area contributed by atoms with E-state index < -0.39 is 9.05 Å². The van der Waals surface area contributed by atoms with Crippen molar-refractivity contribution in [1.82, 2.24) is 10.6 Å². The number of nitrogens with zero attached hydrogens (tertiary/aromatic N) is 1. The van der Waals surface area contributed by atoms with E-state index in [1.807, 2.05) is 0 Å². The molecule has 3 unspecified atom stereocenters. The van der Waals surface area contributed by atoms with E-state index in [1.165, 1.54) is 18.6 Å². The maximum Gasteiger partial charge on any atom is 1.00 e. The number of oxime groups is 1. The SMILES string of the molecule is CC1CC/C(=N/O)C1.CC1CCC(=O)NC1.CC1CCNC(=O)C1.O=CO[O-].O=S(=O)(Cl)c1ccccc1.[H-].[Na+].[Na+]. The van der Waals surface area contributed by atoms with Gasteiger partial charge in [-0.05, 0) is 62.0 Å². The van der Waals surface area contributed by atoms with Gasteiger partial charge >= 0.3 is 59.1 Å². The molecule has 218 valence electrons. The molecule has 1 aromatic rings. The molecule has 4 rings (SSSR count). The molecular weight excluding hydrogens is 584 g/mol. The van der Waals surface area contributed by atoms with Crippen molar-refractivity contribution < 1.29 is 98.7 Å². The first-order valence-electron chi connectivity index (χ1n) is 12.4. The van der Waals surface area contributed by atoms with E-state index in [-0.39, 0.29) is 83.7 Å². The fourth-order valence-electron chi connectivity index (χ4n) is 3.50. The second-order valence-electron chi connectivity index (χ2n) is 9.35. The van der Waals surface area contributed by atoms with Gasteiger partial charge in [0.25, 0.3) is 15.5 Å². The Hall–Kier alpha value is -0.700. The molecule has 3 N–H and O–H groups in total. The van der Waals surface area contributed by atoms with E-state index in [9.17, 15) is 18.0 Å². The van der Waals surface area contributed by atoms with Crippen molar-refractivity contribution in [1.29, 1.82) is 0 Å². The Labute approximate surface area is 287 Å². The fraction of sp³-hybridized carbons (Fsp3) is 0.600. The first-order chi connectivity index (χ1) is 17.9. The van der Waals surface area contributed by atoms with Gasteiger partial charge < -0.3 is 27.4 Å². The number of amides is 2. The van der Waals surface area contributed by atoms with Crippen molar-refractivity contribution in [2.45, 2.75) is 70.6 Å². The molecule has 40 heavy (non-hydrogen) atoms. The molecule has 15 heteroatoms. The number of hydrogen-bond donors (Lipinski definition) is 3. The summed E-state index contributed by atoms with van der Waals surface area (Å²) in [6, 6.07) is 7.86. The van der Waals surface area contributed by atoms with Crippen LogP contribution in [0.5, 0.6) is 0 Å². The first-order valence-corrected chi connectivity index (χ1v) is 14.7. The Balaban J connectivity index is -0.000000209. The number of piperidine rings is 2. The third-order valence-corrected chi connectivity index (χ3v) is 7.09. The molecule has 3 atom stereocenters. The van der Waals surface area contributed by atoms with E-state index >= 15 is 0 Å². The Kier molecular flexibility index (Phi) is 28.4. The van der Waals surface area contributed by atoms with Crippen molar-refractivity contribution in [3.05, 3.63) is 30.3 Å². The van der Waals surface area contributed by atoms with Crippen molar-refractivity contribution >= 4 is 43.7 Å². The van der Waals surface area contributed by atoms with Gasteiger partial charge in [-0.25, -0.2) is 8.42 Å². The van der Waals surface area contributed by atoms with Crippen LogP contribution in [0.3, 0.4) is 0 Å². The van der Waals surface area contributed by atoms with Crippen LogP contribution in [-0.2, 0) is 28.3 Å². The van der Waals surface area contributed by atoms with Gasteiger partial charge in [0.15, 0.2) is 0 Å². The number of carbonyl (C=O) groups is 3. The average Bonchev–Trinajstić information content (AvgIpc) is 3.32. The van der Waals surface area contributed by atoms with Crippen LogP contribution < -0.4 is 75.0 Å². The molecule has 2 aliphatic heterocycles. The Bertz CT molecular complexity index is 969. The summed E-state index contributed by atoms with van der Waals surface area (Å²) in [6.45, 7) is 8.01. The molecule has 1 saturated carbocycles. The number of rotatable bonds is 2. The molecule has 3 fully saturated rings. The number of hydrogen-bond acceptors (Lipinski definition) is 9. The first kappa shape index (κ1) is 43.7. The van der Waals surface area contributed by atoms with E-state index in [1.54, 1.807) is 18.2 Å². The monoisotopic (exact) mass is 623 g/mol. The third-order valence-electron chi connectivity index (χ3n) is 5.72. The minimum atomic E-state index is -3.53. The smallest absolute Gasteiger partial charge is 1.00 e. The molecule has 1 aliphatic carbocycles. The van der Waals surface area contributed by atoms with Gasteiger partial charge in [-0.15, -0.1) is 0 Å². The second-order valence-corrected chi connectivity index (χ2v) is 11.9. The van der Waals surface area contributed by atoms with E-state index in [4.69, 9.17) is 25.9 Å². The van der Waals surface area contributed by atoms with Crippen LogP contribution in [0.2, 0.25) is 0 Å². The van der Waals surface area contributed by atoms with Crippen molar-refractivity contribution in [3.63, 3.8) is 0 Å². The van der Waals surface area contributed by atoms with Crippen molar-refractivity contribution in [2.75, 3.05) is 13.1 Å². The molecule has 0 bridgehead atoms. The van der Waals surface area contributed by atoms with Gasteiger partial charge in [0.05, 0.1) is 10.6 Å². The van der Waals surface area contributed by atoms with Crippen LogP contribution in [0.15, 0.2) is 40.4 Å². The van der Waals surface area contributed by atoms with Crippen LogP contribution in [0, 0.1) is 17.8 Å². The second kappa shape index (κ2) is 26.0. The summed E-state index contributed by atoms with van der Waals surface area (Å²) in [5.41, 5.74) is 0.970. The maximum atomic E-state index is 10.6. The topological polar surface area (TPSA) is 174 Å². The molecule has 3 aliphatic rings. The van der Waals surface area contributed by atoms with Crippen LogP contribution >= 0.6 is 10.7 Å². The molecule has 0 spiro atoms. The number of nitrogens with one attached hydrogen (secondary N) is 2. The Morgan fingerprint density at radius 2 is 1.52 bits per heavy atom. The molecule has 11 nitrogen and oxygen atoms in total. The minimum absolute atomic E-state index is 0. The number of benzene rings is 1. The molecule has 2 amide bonds. The molecular formula is C25H40ClN3Na2O8S. The summed E-state index contributed by atoms with van der Waals surface area (Å²) in [5, 5.41) is 25.4. The summed E-state index contributed by atoms with van der Waals surface area (Å²) in [6.07, 6.45) is 6.84. The predicted molar refractivity (Wildman–Crippen MR) is 143 cm³/mol. The molecule has 0 aromatic heterocycles. The number of carbonyl (C=O) groups excluding carboxylic acids is 3. The largest absolute Gasteiger partial charge is 1.00 e. The van der Waals surface area contributed by atoms with E-state index in [0.29, 0.717) is 11.8 Å². The zero-order valence-corrected chi connectivity index (χ0v) is 29.7. The molecule has 1 aromatic carbocycles. The summed E-state index contributed by atoms with van der Waals surface area (Å²) < 4.78 is 21.2. The van der Waals surface area contributed by atoms with Gasteiger partial charge in [0.1, 0.15) is 0 Å². The Morgan fingerprint density at radius 3 is 1.80 bits per heavy atom. The van der Waals surface area contributed by atoms with E-state index in [2.05, 4.69) is 41.4 Å². The normalized spacial score (nSPS) is 22.0. The predicted octanol–water partition coefficient (Wildman–Crippen LogP) is -3.13.